The number of hydrogen-bond acceptors (Lipinski definition) is 7. The predicted octanol–water partition coefficient (Wildman–Crippen LogP) is 0.885. The molecule has 18 heavy (non-hydrogen) atoms. The Morgan fingerprint density at radius 2 is 1.89 bits per heavy atom. The first-order valence-corrected chi connectivity index (χ1v) is 6.03. The highest BCUT2D eigenvalue weighted by atomic mass is 16.5. The first-order valence-electron chi connectivity index (χ1n) is 6.03. The van der Waals surface area contributed by atoms with Gasteiger partial charge in [-0.25, -0.2) is 0 Å². The van der Waals surface area contributed by atoms with Crippen LogP contribution in [0.15, 0.2) is 0 Å². The second-order valence-corrected chi connectivity index (χ2v) is 4.15. The molecule has 1 rings (SSSR count). The van der Waals surface area contributed by atoms with Crippen molar-refractivity contribution in [3.05, 3.63) is 0 Å². The van der Waals surface area contributed by atoms with Crippen molar-refractivity contribution >= 4 is 11.9 Å². The van der Waals surface area contributed by atoms with Crippen LogP contribution in [0, 0.1) is 0 Å². The van der Waals surface area contributed by atoms with Crippen LogP contribution < -0.4 is 15.4 Å². The minimum atomic E-state index is -0.793. The minimum Gasteiger partial charge on any atom is -0.464 e. The lowest BCUT2D eigenvalue weighted by Crippen LogP contribution is -2.33. The van der Waals surface area contributed by atoms with Gasteiger partial charge >= 0.3 is 6.01 Å². The van der Waals surface area contributed by atoms with Gasteiger partial charge < -0.3 is 20.5 Å². The predicted molar refractivity (Wildman–Crippen MR) is 69.9 cm³/mol. The fourth-order valence-corrected chi connectivity index (χ4v) is 1.14. The zero-order chi connectivity index (χ0) is 13.6. The number of hydrogen-bond donors (Lipinski definition) is 3. The van der Waals surface area contributed by atoms with E-state index in [-0.39, 0.29) is 6.01 Å². The highest BCUT2D eigenvalue weighted by Gasteiger charge is 2.18. The molecular formula is C11H21N5O2. The van der Waals surface area contributed by atoms with Crippen LogP contribution in [0.3, 0.4) is 0 Å². The lowest BCUT2D eigenvalue weighted by molar-refractivity contribution is 0.0695. The Balaban J connectivity index is 2.78. The van der Waals surface area contributed by atoms with E-state index in [0.717, 1.165) is 0 Å². The number of nitrogens with one attached hydrogen (secondary N) is 2. The van der Waals surface area contributed by atoms with E-state index in [4.69, 9.17) is 4.74 Å². The van der Waals surface area contributed by atoms with Gasteiger partial charge in [0, 0.05) is 13.6 Å². The van der Waals surface area contributed by atoms with Crippen molar-refractivity contribution in [1.82, 2.24) is 15.0 Å². The minimum absolute atomic E-state index is 0.260. The lowest BCUT2D eigenvalue weighted by atomic mass is 10.0. The van der Waals surface area contributed by atoms with E-state index in [1.807, 2.05) is 13.8 Å². The van der Waals surface area contributed by atoms with Crippen LogP contribution in [0.5, 0.6) is 6.01 Å². The van der Waals surface area contributed by atoms with E-state index >= 15 is 0 Å². The fourth-order valence-electron chi connectivity index (χ4n) is 1.14. The van der Waals surface area contributed by atoms with E-state index in [1.54, 1.807) is 14.0 Å². The smallest absolute Gasteiger partial charge is 0.323 e. The summed E-state index contributed by atoms with van der Waals surface area (Å²) in [6.45, 7) is 6.38. The summed E-state index contributed by atoms with van der Waals surface area (Å²) in [4.78, 5) is 12.3. The van der Waals surface area contributed by atoms with Gasteiger partial charge in [-0.2, -0.15) is 15.0 Å². The van der Waals surface area contributed by atoms with Crippen LogP contribution >= 0.6 is 0 Å². The number of aliphatic hydroxyl groups is 1. The Labute approximate surface area is 107 Å². The SMILES string of the molecule is CCOc1nc(NC)nc(NCC(C)(O)CC)n1. The van der Waals surface area contributed by atoms with E-state index in [1.165, 1.54) is 0 Å². The summed E-state index contributed by atoms with van der Waals surface area (Å²) >= 11 is 0. The summed E-state index contributed by atoms with van der Waals surface area (Å²) in [5.41, 5.74) is -0.793. The monoisotopic (exact) mass is 255 g/mol. The molecule has 7 nitrogen and oxygen atoms in total. The number of ether oxygens (including phenoxy) is 1. The normalized spacial score (nSPS) is 13.8. The van der Waals surface area contributed by atoms with Crippen LogP contribution in [0.2, 0.25) is 0 Å². The van der Waals surface area contributed by atoms with Gasteiger partial charge in [0.15, 0.2) is 0 Å². The Morgan fingerprint density at radius 3 is 2.44 bits per heavy atom. The summed E-state index contributed by atoms with van der Waals surface area (Å²) in [5.74, 6) is 0.804. The third-order valence-corrected chi connectivity index (χ3v) is 2.50. The maximum atomic E-state index is 9.90. The van der Waals surface area contributed by atoms with E-state index in [0.29, 0.717) is 31.5 Å². The molecule has 3 N–H and O–H groups in total. The molecule has 0 aliphatic heterocycles. The largest absolute Gasteiger partial charge is 0.464 e. The topological polar surface area (TPSA) is 92.2 Å². The molecule has 1 aromatic heterocycles. The lowest BCUT2D eigenvalue weighted by Gasteiger charge is -2.21. The van der Waals surface area contributed by atoms with E-state index < -0.39 is 5.60 Å². The van der Waals surface area contributed by atoms with Gasteiger partial charge in [-0.1, -0.05) is 6.92 Å². The number of aromatic nitrogens is 3. The zero-order valence-corrected chi connectivity index (χ0v) is 11.3. The van der Waals surface area contributed by atoms with E-state index in [2.05, 4.69) is 25.6 Å². The molecule has 0 fully saturated rings. The second kappa shape index (κ2) is 6.34. The average Bonchev–Trinajstić information content (AvgIpc) is 2.37. The van der Waals surface area contributed by atoms with Crippen molar-refractivity contribution in [3.63, 3.8) is 0 Å². The Hall–Kier alpha value is -1.63. The molecule has 0 bridgehead atoms. The molecule has 1 atom stereocenters. The van der Waals surface area contributed by atoms with Crippen molar-refractivity contribution in [2.45, 2.75) is 32.8 Å². The molecule has 0 aliphatic rings. The molecule has 0 saturated heterocycles. The van der Waals surface area contributed by atoms with Gasteiger partial charge in [0.2, 0.25) is 11.9 Å². The Morgan fingerprint density at radius 1 is 1.22 bits per heavy atom. The summed E-state index contributed by atoms with van der Waals surface area (Å²) < 4.78 is 5.24. The maximum Gasteiger partial charge on any atom is 0.323 e. The Bertz CT molecular complexity index is 384. The van der Waals surface area contributed by atoms with Crippen molar-refractivity contribution in [2.24, 2.45) is 0 Å². The van der Waals surface area contributed by atoms with Crippen LogP contribution in [-0.2, 0) is 0 Å². The van der Waals surface area contributed by atoms with Crippen molar-refractivity contribution in [1.29, 1.82) is 0 Å². The molecule has 1 heterocycles. The number of nitrogens with zero attached hydrogens (tertiary/aromatic N) is 3. The standard InChI is InChI=1S/C11H21N5O2/c1-5-11(3,17)7-13-9-14-8(12-4)15-10(16-9)18-6-2/h17H,5-7H2,1-4H3,(H2,12,13,14,15,16). The van der Waals surface area contributed by atoms with Crippen LogP contribution in [-0.4, -0.2) is 45.9 Å². The van der Waals surface area contributed by atoms with Crippen molar-refractivity contribution in [3.8, 4) is 6.01 Å². The average molecular weight is 255 g/mol. The second-order valence-electron chi connectivity index (χ2n) is 4.15. The molecule has 0 spiro atoms. The van der Waals surface area contributed by atoms with Crippen LogP contribution in [0.4, 0.5) is 11.9 Å². The molecule has 1 aromatic rings. The quantitative estimate of drug-likeness (QED) is 0.666. The van der Waals surface area contributed by atoms with Gasteiger partial charge in [-0.3, -0.25) is 0 Å². The van der Waals surface area contributed by atoms with Crippen molar-refractivity contribution < 1.29 is 9.84 Å². The first-order chi connectivity index (χ1) is 8.50. The molecular weight excluding hydrogens is 234 g/mol. The van der Waals surface area contributed by atoms with Gasteiger partial charge in [-0.05, 0) is 20.3 Å². The first kappa shape index (κ1) is 14.4. The Kier molecular flexibility index (Phi) is 5.08. The number of rotatable bonds is 7. The van der Waals surface area contributed by atoms with Gasteiger partial charge in [0.25, 0.3) is 0 Å². The molecule has 0 amide bonds. The van der Waals surface area contributed by atoms with Crippen LogP contribution in [0.25, 0.3) is 0 Å². The van der Waals surface area contributed by atoms with Gasteiger partial charge in [0.05, 0.1) is 12.2 Å². The van der Waals surface area contributed by atoms with Crippen molar-refractivity contribution in [2.75, 3.05) is 30.8 Å². The third-order valence-electron chi connectivity index (χ3n) is 2.50. The third kappa shape index (κ3) is 4.33. The summed E-state index contributed by atoms with van der Waals surface area (Å²) in [6, 6.07) is 0.260. The summed E-state index contributed by atoms with van der Waals surface area (Å²) in [6.07, 6.45) is 0.641. The fraction of sp³-hybridized carbons (Fsp3) is 0.727. The maximum absolute atomic E-state index is 9.90. The number of anilines is 2. The van der Waals surface area contributed by atoms with E-state index in [9.17, 15) is 5.11 Å². The molecule has 102 valence electrons. The van der Waals surface area contributed by atoms with Gasteiger partial charge in [-0.15, -0.1) is 0 Å². The molecule has 7 heteroatoms. The summed E-state index contributed by atoms with van der Waals surface area (Å²) in [7, 11) is 1.72. The molecule has 0 saturated carbocycles. The highest BCUT2D eigenvalue weighted by Crippen LogP contribution is 2.13. The van der Waals surface area contributed by atoms with Gasteiger partial charge in [0.1, 0.15) is 0 Å². The summed E-state index contributed by atoms with van der Waals surface area (Å²) in [5, 5.41) is 15.7. The molecule has 0 aliphatic carbocycles. The molecule has 0 aromatic carbocycles. The highest BCUT2D eigenvalue weighted by molar-refractivity contribution is 5.35. The zero-order valence-electron chi connectivity index (χ0n) is 11.3. The molecule has 0 radical (unpaired) electrons. The molecule has 1 unspecified atom stereocenters. The van der Waals surface area contributed by atoms with Crippen LogP contribution in [0.1, 0.15) is 27.2 Å².